The highest BCUT2D eigenvalue weighted by Crippen LogP contribution is 2.40. The molecule has 0 aliphatic rings. The lowest BCUT2D eigenvalue weighted by molar-refractivity contribution is 0.102. The molecule has 1 amide bonds. The largest absolute Gasteiger partial charge is 0.505 e. The molecule has 0 aliphatic carbocycles. The van der Waals surface area contributed by atoms with Gasteiger partial charge in [-0.3, -0.25) is 9.78 Å². The Labute approximate surface area is 171 Å². The van der Waals surface area contributed by atoms with E-state index in [2.05, 4.69) is 10.3 Å². The van der Waals surface area contributed by atoms with Crippen LogP contribution in [-0.4, -0.2) is 30.7 Å². The third-order valence-electron chi connectivity index (χ3n) is 3.91. The van der Waals surface area contributed by atoms with E-state index in [9.17, 15) is 18.3 Å². The van der Waals surface area contributed by atoms with Gasteiger partial charge in [-0.25, -0.2) is 8.42 Å². The third-order valence-corrected chi connectivity index (χ3v) is 5.65. The molecule has 0 unspecified atom stereocenters. The number of nitrogens with zero attached hydrogens (tertiary/aromatic N) is 1. The molecule has 2 N–H and O–H groups in total. The molecular weight excluding hydrogens is 423 g/mol. The number of carbonyl (C=O) groups excluding carboxylic acids is 1. The number of sulfone groups is 1. The van der Waals surface area contributed by atoms with Crippen LogP contribution >= 0.6 is 23.2 Å². The van der Waals surface area contributed by atoms with Crippen LogP contribution in [0.2, 0.25) is 10.0 Å². The molecule has 0 atom stereocenters. The van der Waals surface area contributed by atoms with Gasteiger partial charge in [-0.2, -0.15) is 0 Å². The summed E-state index contributed by atoms with van der Waals surface area (Å²) in [5.41, 5.74) is 0.885. The van der Waals surface area contributed by atoms with Crippen molar-refractivity contribution in [1.82, 2.24) is 4.98 Å². The first-order chi connectivity index (χ1) is 13.2. The molecule has 144 valence electrons. The number of aromatic hydroxyl groups is 1. The maximum atomic E-state index is 12.6. The van der Waals surface area contributed by atoms with Crippen LogP contribution in [0.5, 0.6) is 5.75 Å². The molecule has 0 spiro atoms. The van der Waals surface area contributed by atoms with Crippen molar-refractivity contribution in [3.8, 4) is 17.0 Å². The van der Waals surface area contributed by atoms with E-state index in [0.29, 0.717) is 5.69 Å². The molecule has 3 aromatic rings. The van der Waals surface area contributed by atoms with E-state index in [-0.39, 0.29) is 37.5 Å². The van der Waals surface area contributed by atoms with Crippen molar-refractivity contribution < 1.29 is 18.3 Å². The Morgan fingerprint density at radius 3 is 2.43 bits per heavy atom. The van der Waals surface area contributed by atoms with Crippen molar-refractivity contribution in [2.75, 3.05) is 11.6 Å². The number of halogens is 2. The summed E-state index contributed by atoms with van der Waals surface area (Å²) in [7, 11) is -3.45. The molecule has 3 rings (SSSR count). The first-order valence-electron chi connectivity index (χ1n) is 7.92. The van der Waals surface area contributed by atoms with Gasteiger partial charge in [0.2, 0.25) is 0 Å². The summed E-state index contributed by atoms with van der Waals surface area (Å²) in [6.07, 6.45) is 2.60. The number of rotatable bonds is 4. The normalized spacial score (nSPS) is 11.2. The van der Waals surface area contributed by atoms with Crippen LogP contribution in [-0.2, 0) is 9.84 Å². The zero-order valence-electron chi connectivity index (χ0n) is 14.5. The number of nitrogens with one attached hydrogen (secondary N) is 1. The predicted molar refractivity (Wildman–Crippen MR) is 109 cm³/mol. The van der Waals surface area contributed by atoms with E-state index in [1.54, 1.807) is 24.4 Å². The van der Waals surface area contributed by atoms with Gasteiger partial charge in [0.25, 0.3) is 5.91 Å². The molecule has 0 aliphatic heterocycles. The van der Waals surface area contributed by atoms with Gasteiger partial charge >= 0.3 is 0 Å². The topological polar surface area (TPSA) is 96.4 Å². The van der Waals surface area contributed by atoms with Crippen LogP contribution in [0.25, 0.3) is 11.3 Å². The van der Waals surface area contributed by atoms with Crippen molar-refractivity contribution in [3.63, 3.8) is 0 Å². The van der Waals surface area contributed by atoms with E-state index in [4.69, 9.17) is 23.2 Å². The second-order valence-corrected chi connectivity index (χ2v) is 8.73. The molecule has 0 bridgehead atoms. The number of phenolic OH excluding ortho intramolecular Hbond substituents is 1. The van der Waals surface area contributed by atoms with Gasteiger partial charge in [0.05, 0.1) is 37.4 Å². The summed E-state index contributed by atoms with van der Waals surface area (Å²) in [4.78, 5) is 16.7. The predicted octanol–water partition coefficient (Wildman–Crippen LogP) is 4.42. The molecule has 2 aromatic carbocycles. The van der Waals surface area contributed by atoms with Gasteiger partial charge in [-0.1, -0.05) is 29.3 Å². The molecular formula is C19H14Cl2N2O4S. The number of phenols is 1. The van der Waals surface area contributed by atoms with E-state index >= 15 is 0 Å². The summed E-state index contributed by atoms with van der Waals surface area (Å²) in [5.74, 6) is -0.863. The van der Waals surface area contributed by atoms with E-state index in [0.717, 1.165) is 6.26 Å². The van der Waals surface area contributed by atoms with Gasteiger partial charge in [-0.05, 0) is 42.5 Å². The quantitative estimate of drug-likeness (QED) is 0.590. The minimum absolute atomic E-state index is 0.000767. The lowest BCUT2D eigenvalue weighted by Gasteiger charge is -2.13. The summed E-state index contributed by atoms with van der Waals surface area (Å²) < 4.78 is 23.2. The zero-order chi connectivity index (χ0) is 20.5. The molecule has 28 heavy (non-hydrogen) atoms. The number of pyridine rings is 1. The van der Waals surface area contributed by atoms with E-state index in [1.165, 1.54) is 30.3 Å². The Bertz CT molecular complexity index is 1170. The first-order valence-corrected chi connectivity index (χ1v) is 10.6. The summed E-state index contributed by atoms with van der Waals surface area (Å²) in [6, 6.07) is 11.9. The summed E-state index contributed by atoms with van der Waals surface area (Å²) >= 11 is 12.3. The average Bonchev–Trinajstić information content (AvgIpc) is 2.64. The average molecular weight is 437 g/mol. The van der Waals surface area contributed by atoms with Gasteiger partial charge in [-0.15, -0.1) is 0 Å². The van der Waals surface area contributed by atoms with E-state index < -0.39 is 15.7 Å². The standard InChI is InChI=1S/C19H14Cl2N2O4S/c1-28(26,27)11-5-6-12(14(21)10-11)19(25)23-16-8-7-13(20)17(18(16)24)15-4-2-3-9-22-15/h2-10,24H,1H3,(H,23,25). The minimum atomic E-state index is -3.45. The zero-order valence-corrected chi connectivity index (χ0v) is 16.8. The van der Waals surface area contributed by atoms with Crippen molar-refractivity contribution in [1.29, 1.82) is 0 Å². The number of benzene rings is 2. The number of amides is 1. The Morgan fingerprint density at radius 2 is 1.82 bits per heavy atom. The number of carbonyl (C=O) groups is 1. The SMILES string of the molecule is CS(=O)(=O)c1ccc(C(=O)Nc2ccc(Cl)c(-c3ccccn3)c2O)c(Cl)c1. The first kappa shape index (κ1) is 20.1. The number of hydrogen-bond acceptors (Lipinski definition) is 5. The van der Waals surface area contributed by atoms with Crippen LogP contribution in [0, 0.1) is 0 Å². The molecule has 1 heterocycles. The summed E-state index contributed by atoms with van der Waals surface area (Å²) in [5, 5.41) is 13.4. The minimum Gasteiger partial charge on any atom is -0.505 e. The number of anilines is 1. The Kier molecular flexibility index (Phi) is 5.60. The van der Waals surface area contributed by atoms with Crippen LogP contribution in [0.1, 0.15) is 10.4 Å². The Morgan fingerprint density at radius 1 is 1.07 bits per heavy atom. The molecule has 0 saturated carbocycles. The fraction of sp³-hybridized carbons (Fsp3) is 0.0526. The monoisotopic (exact) mass is 436 g/mol. The summed E-state index contributed by atoms with van der Waals surface area (Å²) in [6.45, 7) is 0. The van der Waals surface area contributed by atoms with Crippen molar-refractivity contribution in [2.45, 2.75) is 4.90 Å². The van der Waals surface area contributed by atoms with Crippen LogP contribution < -0.4 is 5.32 Å². The van der Waals surface area contributed by atoms with Crippen molar-refractivity contribution in [2.24, 2.45) is 0 Å². The fourth-order valence-corrected chi connectivity index (χ4v) is 3.75. The molecule has 1 aromatic heterocycles. The number of hydrogen-bond donors (Lipinski definition) is 2. The van der Waals surface area contributed by atoms with Crippen LogP contribution in [0.4, 0.5) is 5.69 Å². The smallest absolute Gasteiger partial charge is 0.257 e. The molecule has 0 radical (unpaired) electrons. The highest BCUT2D eigenvalue weighted by atomic mass is 35.5. The highest BCUT2D eigenvalue weighted by molar-refractivity contribution is 7.90. The molecule has 9 heteroatoms. The lowest BCUT2D eigenvalue weighted by Crippen LogP contribution is -2.13. The molecule has 0 fully saturated rings. The number of aromatic nitrogens is 1. The lowest BCUT2D eigenvalue weighted by atomic mass is 10.1. The van der Waals surface area contributed by atoms with Crippen molar-refractivity contribution >= 4 is 44.6 Å². The second-order valence-electron chi connectivity index (χ2n) is 5.90. The van der Waals surface area contributed by atoms with Gasteiger partial charge < -0.3 is 10.4 Å². The fourth-order valence-electron chi connectivity index (χ4n) is 2.52. The van der Waals surface area contributed by atoms with Gasteiger partial charge in [0.15, 0.2) is 9.84 Å². The molecule has 0 saturated heterocycles. The van der Waals surface area contributed by atoms with E-state index in [1.807, 2.05) is 0 Å². The Balaban J connectivity index is 1.96. The molecule has 6 nitrogen and oxygen atoms in total. The maximum Gasteiger partial charge on any atom is 0.257 e. The van der Waals surface area contributed by atoms with Gasteiger partial charge in [0.1, 0.15) is 5.75 Å². The third kappa shape index (κ3) is 4.11. The Hall–Kier alpha value is -2.61. The highest BCUT2D eigenvalue weighted by Gasteiger charge is 2.19. The van der Waals surface area contributed by atoms with Crippen LogP contribution in [0.3, 0.4) is 0 Å². The van der Waals surface area contributed by atoms with Crippen LogP contribution in [0.15, 0.2) is 59.6 Å². The van der Waals surface area contributed by atoms with Crippen molar-refractivity contribution in [3.05, 3.63) is 70.3 Å². The second kappa shape index (κ2) is 7.79. The van der Waals surface area contributed by atoms with Gasteiger partial charge in [0, 0.05) is 12.5 Å². The maximum absolute atomic E-state index is 12.6.